The number of nitro groups is 1. The average molecular weight is 476 g/mol. The van der Waals surface area contributed by atoms with E-state index in [4.69, 9.17) is 10.5 Å². The molecule has 2 aliphatic rings. The molecule has 3 N–H and O–H groups in total. The van der Waals surface area contributed by atoms with Crippen molar-refractivity contribution in [1.82, 2.24) is 14.8 Å². The molecule has 1 saturated heterocycles. The van der Waals surface area contributed by atoms with E-state index in [2.05, 4.69) is 43.9 Å². The maximum atomic E-state index is 11.7. The smallest absolute Gasteiger partial charge is 0.291 e. The Labute approximate surface area is 203 Å². The van der Waals surface area contributed by atoms with Crippen LogP contribution in [0.2, 0.25) is 0 Å². The van der Waals surface area contributed by atoms with Crippen LogP contribution in [-0.2, 0) is 17.4 Å². The largest absolute Gasteiger partial charge is 0.468 e. The van der Waals surface area contributed by atoms with Crippen LogP contribution in [0.25, 0.3) is 16.6 Å². The van der Waals surface area contributed by atoms with Gasteiger partial charge in [0.1, 0.15) is 0 Å². The summed E-state index contributed by atoms with van der Waals surface area (Å²) >= 11 is 0. The van der Waals surface area contributed by atoms with Gasteiger partial charge in [0.15, 0.2) is 5.66 Å². The van der Waals surface area contributed by atoms with Crippen molar-refractivity contribution >= 4 is 34.0 Å². The molecule has 10 nitrogen and oxygen atoms in total. The van der Waals surface area contributed by atoms with E-state index in [1.165, 1.54) is 19.2 Å². The molecule has 0 radical (unpaired) electrons. The number of hydrogen-bond acceptors (Lipinski definition) is 8. The Balaban J connectivity index is 1.64. The van der Waals surface area contributed by atoms with Crippen molar-refractivity contribution in [2.24, 2.45) is 17.8 Å². The first kappa shape index (κ1) is 22.9. The lowest BCUT2D eigenvalue weighted by molar-refractivity contribution is -0.384. The van der Waals surface area contributed by atoms with E-state index in [1.54, 1.807) is 6.07 Å². The van der Waals surface area contributed by atoms with Crippen molar-refractivity contribution in [3.63, 3.8) is 0 Å². The molecule has 0 amide bonds. The number of nitrogens with two attached hydrogens (primary N) is 1. The second-order valence-corrected chi connectivity index (χ2v) is 9.08. The Kier molecular flexibility index (Phi) is 5.70. The second-order valence-electron chi connectivity index (χ2n) is 9.08. The number of methoxy groups -OCH3 is 1. The maximum Gasteiger partial charge on any atom is 0.291 e. The van der Waals surface area contributed by atoms with Gasteiger partial charge in [0.05, 0.1) is 12.0 Å². The standard InChI is InChI=1S/C25H29N7O3/c1-29-10-12-31(13-11-29)23-7-5-19(32(33)34)15-20(23)25(26)16-21(27-24(28-25)35-3)17-4-6-22-18(14-17)8-9-30(22)2/h4-9,14-16H,10-13,26H2,1-3H3,(H,27,28). The summed E-state index contributed by atoms with van der Waals surface area (Å²) in [7, 11) is 5.60. The van der Waals surface area contributed by atoms with Crippen LogP contribution in [0.3, 0.4) is 0 Å². The van der Waals surface area contributed by atoms with E-state index >= 15 is 0 Å². The Morgan fingerprint density at radius 3 is 2.60 bits per heavy atom. The van der Waals surface area contributed by atoms with E-state index in [1.807, 2.05) is 31.5 Å². The number of likely N-dealkylation sites (N-methyl/N-ethyl adjacent to an activating group) is 1. The zero-order chi connectivity index (χ0) is 24.7. The number of anilines is 1. The van der Waals surface area contributed by atoms with Crippen LogP contribution in [0.5, 0.6) is 0 Å². The summed E-state index contributed by atoms with van der Waals surface area (Å²) in [6.07, 6.45) is 3.83. The Bertz CT molecular complexity index is 1350. The number of nitro benzene ring substituents is 1. The summed E-state index contributed by atoms with van der Waals surface area (Å²) in [6.45, 7) is 3.36. The number of aromatic nitrogens is 1. The van der Waals surface area contributed by atoms with E-state index in [0.29, 0.717) is 5.56 Å². The summed E-state index contributed by atoms with van der Waals surface area (Å²) in [5, 5.41) is 16.0. The molecule has 1 unspecified atom stereocenters. The first-order chi connectivity index (χ1) is 16.8. The zero-order valence-electron chi connectivity index (χ0n) is 20.1. The minimum atomic E-state index is -1.37. The van der Waals surface area contributed by atoms with Gasteiger partial charge in [-0.3, -0.25) is 15.8 Å². The number of ether oxygens (including phenoxy) is 1. The molecule has 0 bridgehead atoms. The topological polar surface area (TPSA) is 114 Å². The first-order valence-corrected chi connectivity index (χ1v) is 11.5. The number of rotatable bonds is 4. The second kappa shape index (κ2) is 8.71. The quantitative estimate of drug-likeness (QED) is 0.440. The van der Waals surface area contributed by atoms with Crippen LogP contribution in [-0.4, -0.2) is 60.7 Å². The highest BCUT2D eigenvalue weighted by Gasteiger charge is 2.36. The number of benzene rings is 2. The molecule has 0 spiro atoms. The summed E-state index contributed by atoms with van der Waals surface area (Å²) in [6, 6.07) is 13.3. The van der Waals surface area contributed by atoms with Gasteiger partial charge in [-0.1, -0.05) is 6.07 Å². The molecule has 3 aromatic rings. The van der Waals surface area contributed by atoms with Crippen LogP contribution in [0, 0.1) is 10.1 Å². The fourth-order valence-corrected chi connectivity index (χ4v) is 4.72. The molecule has 10 heteroatoms. The third-order valence-electron chi connectivity index (χ3n) is 6.75. The minimum Gasteiger partial charge on any atom is -0.468 e. The Morgan fingerprint density at radius 2 is 1.89 bits per heavy atom. The predicted octanol–water partition coefficient (Wildman–Crippen LogP) is 2.60. The maximum absolute atomic E-state index is 11.7. The van der Waals surface area contributed by atoms with Crippen molar-refractivity contribution < 1.29 is 9.66 Å². The molecule has 35 heavy (non-hydrogen) atoms. The van der Waals surface area contributed by atoms with Gasteiger partial charge < -0.3 is 24.4 Å². The lowest BCUT2D eigenvalue weighted by Gasteiger charge is -2.38. The van der Waals surface area contributed by atoms with Gasteiger partial charge in [-0.2, -0.15) is 0 Å². The fourth-order valence-electron chi connectivity index (χ4n) is 4.72. The zero-order valence-corrected chi connectivity index (χ0v) is 20.1. The summed E-state index contributed by atoms with van der Waals surface area (Å²) in [5.41, 5.74) is 9.68. The lowest BCUT2D eigenvalue weighted by Crippen LogP contribution is -2.47. The summed E-state index contributed by atoms with van der Waals surface area (Å²) in [5.74, 6) is 0. The molecule has 0 aliphatic carbocycles. The highest BCUT2D eigenvalue weighted by atomic mass is 16.6. The molecular weight excluding hydrogens is 446 g/mol. The molecule has 1 atom stereocenters. The highest BCUT2D eigenvalue weighted by molar-refractivity contribution is 5.91. The summed E-state index contributed by atoms with van der Waals surface area (Å²) < 4.78 is 7.55. The molecule has 182 valence electrons. The number of aryl methyl sites for hydroxylation is 1. The van der Waals surface area contributed by atoms with Crippen molar-refractivity contribution in [3.8, 4) is 0 Å². The highest BCUT2D eigenvalue weighted by Crippen LogP contribution is 2.38. The number of amidine groups is 1. The molecule has 0 saturated carbocycles. The van der Waals surface area contributed by atoms with E-state index in [9.17, 15) is 10.1 Å². The molecule has 2 aromatic carbocycles. The third kappa shape index (κ3) is 4.22. The normalized spacial score (nSPS) is 20.9. The van der Waals surface area contributed by atoms with Gasteiger partial charge in [-0.15, -0.1) is 0 Å². The van der Waals surface area contributed by atoms with E-state index < -0.39 is 10.6 Å². The molecule has 3 heterocycles. The van der Waals surface area contributed by atoms with Gasteiger partial charge in [-0.25, -0.2) is 4.99 Å². The lowest BCUT2D eigenvalue weighted by atomic mass is 9.93. The molecule has 2 aliphatic heterocycles. The SMILES string of the molecule is COC1=NC(N)(c2cc([N+](=O)[O-])ccc2N2CCN(C)CC2)C=C(c2ccc3c(ccn3C)c2)N1. The number of fused-ring (bicyclic) bond motifs is 1. The van der Waals surface area contributed by atoms with Crippen LogP contribution in [0.15, 0.2) is 59.7 Å². The summed E-state index contributed by atoms with van der Waals surface area (Å²) in [4.78, 5) is 20.4. The Hall–Kier alpha value is -3.89. The van der Waals surface area contributed by atoms with Crippen LogP contribution < -0.4 is 16.0 Å². The number of nitrogens with one attached hydrogen (secondary N) is 1. The van der Waals surface area contributed by atoms with Gasteiger partial charge in [-0.05, 0) is 43.0 Å². The predicted molar refractivity (Wildman–Crippen MR) is 137 cm³/mol. The fraction of sp³-hybridized carbons (Fsp3) is 0.320. The number of piperazine rings is 1. The molecule has 1 fully saturated rings. The molecule has 1 aromatic heterocycles. The van der Waals surface area contributed by atoms with Gasteiger partial charge >= 0.3 is 0 Å². The molecule has 5 rings (SSSR count). The van der Waals surface area contributed by atoms with Crippen LogP contribution in [0.1, 0.15) is 11.1 Å². The van der Waals surface area contributed by atoms with Crippen molar-refractivity contribution in [2.45, 2.75) is 5.66 Å². The number of hydrogen-bond donors (Lipinski definition) is 2. The van der Waals surface area contributed by atoms with Crippen molar-refractivity contribution in [3.05, 3.63) is 76.0 Å². The van der Waals surface area contributed by atoms with E-state index in [-0.39, 0.29) is 11.7 Å². The molecular formula is C25H29N7O3. The van der Waals surface area contributed by atoms with Gasteiger partial charge in [0.25, 0.3) is 11.7 Å². The number of nitrogens with zero attached hydrogens (tertiary/aromatic N) is 5. The monoisotopic (exact) mass is 475 g/mol. The Morgan fingerprint density at radius 1 is 1.11 bits per heavy atom. The number of aliphatic imine (C=N–C) groups is 1. The van der Waals surface area contributed by atoms with Crippen LogP contribution in [0.4, 0.5) is 11.4 Å². The average Bonchev–Trinajstić information content (AvgIpc) is 3.23. The third-order valence-corrected chi connectivity index (χ3v) is 6.75. The minimum absolute atomic E-state index is 0.0314. The van der Waals surface area contributed by atoms with Crippen LogP contribution >= 0.6 is 0 Å². The van der Waals surface area contributed by atoms with Crippen molar-refractivity contribution in [2.75, 3.05) is 45.2 Å². The first-order valence-electron chi connectivity index (χ1n) is 11.5. The van der Waals surface area contributed by atoms with E-state index in [0.717, 1.165) is 54.0 Å². The van der Waals surface area contributed by atoms with Gasteiger partial charge in [0.2, 0.25) is 0 Å². The number of non-ortho nitro benzene ring substituents is 1. The van der Waals surface area contributed by atoms with Gasteiger partial charge in [0, 0.05) is 79.4 Å². The van der Waals surface area contributed by atoms with Crippen molar-refractivity contribution in [1.29, 1.82) is 0 Å².